The zero-order chi connectivity index (χ0) is 19.2. The minimum Gasteiger partial charge on any atom is -0.471 e. The first-order valence-electron chi connectivity index (χ1n) is 8.12. The number of imide groups is 1. The second-order valence-electron chi connectivity index (χ2n) is 6.23. The molecule has 142 valence electrons. The Bertz CT molecular complexity index is 1020. The molecule has 0 saturated carbocycles. The van der Waals surface area contributed by atoms with E-state index in [1.807, 2.05) is 0 Å². The van der Waals surface area contributed by atoms with E-state index in [2.05, 4.69) is 10.0 Å². The average Bonchev–Trinajstić information content (AvgIpc) is 3.33. The molecule has 2 aromatic rings. The van der Waals surface area contributed by atoms with Gasteiger partial charge in [-0.1, -0.05) is 0 Å². The molecule has 0 spiro atoms. The van der Waals surface area contributed by atoms with E-state index in [9.17, 15) is 22.8 Å². The minimum absolute atomic E-state index is 0.0250. The van der Waals surface area contributed by atoms with E-state index in [1.54, 1.807) is 5.38 Å². The summed E-state index contributed by atoms with van der Waals surface area (Å²) in [5.41, 5.74) is 1.19. The van der Waals surface area contributed by atoms with Gasteiger partial charge < -0.3 is 9.32 Å². The van der Waals surface area contributed by atoms with Crippen LogP contribution in [0.3, 0.4) is 0 Å². The number of hydrogen-bond acceptors (Lipinski definition) is 7. The molecule has 0 aliphatic carbocycles. The number of carbonyl (C=O) groups excluding carboxylic acids is 3. The Labute approximate surface area is 158 Å². The molecule has 2 aromatic heterocycles. The van der Waals surface area contributed by atoms with Gasteiger partial charge in [-0.25, -0.2) is 13.1 Å². The van der Waals surface area contributed by atoms with E-state index in [-0.39, 0.29) is 42.6 Å². The summed E-state index contributed by atoms with van der Waals surface area (Å²) >= 11 is 1.29. The molecule has 2 N–H and O–H groups in total. The van der Waals surface area contributed by atoms with Crippen LogP contribution >= 0.6 is 11.3 Å². The maximum atomic E-state index is 12.6. The lowest BCUT2D eigenvalue weighted by molar-refractivity contribution is -0.136. The number of rotatable bonds is 5. The Morgan fingerprint density at radius 3 is 2.85 bits per heavy atom. The van der Waals surface area contributed by atoms with Gasteiger partial charge in [-0.2, -0.15) is 0 Å². The molecular formula is C16H15N3O6S2. The summed E-state index contributed by atoms with van der Waals surface area (Å²) in [5.74, 6) is -1.10. The first-order valence-corrected chi connectivity index (χ1v) is 10.5. The highest BCUT2D eigenvalue weighted by atomic mass is 32.2. The zero-order valence-electron chi connectivity index (χ0n) is 13.9. The fourth-order valence-electron chi connectivity index (χ4n) is 3.20. The van der Waals surface area contributed by atoms with Crippen LogP contribution in [0.25, 0.3) is 0 Å². The molecule has 2 aliphatic rings. The normalized spacial score (nSPS) is 20.1. The van der Waals surface area contributed by atoms with Crippen LogP contribution in [-0.4, -0.2) is 37.1 Å². The number of hydrogen-bond donors (Lipinski definition) is 2. The number of nitrogens with zero attached hydrogens (tertiary/aromatic N) is 1. The van der Waals surface area contributed by atoms with Crippen LogP contribution < -0.4 is 10.0 Å². The zero-order valence-corrected chi connectivity index (χ0v) is 15.6. The summed E-state index contributed by atoms with van der Waals surface area (Å²) in [6.45, 7) is 0.247. The molecule has 2 aliphatic heterocycles. The van der Waals surface area contributed by atoms with E-state index >= 15 is 0 Å². The highest BCUT2D eigenvalue weighted by molar-refractivity contribution is 7.89. The smallest absolute Gasteiger partial charge is 0.256 e. The van der Waals surface area contributed by atoms with Gasteiger partial charge in [-0.3, -0.25) is 19.7 Å². The van der Waals surface area contributed by atoms with Gasteiger partial charge >= 0.3 is 0 Å². The molecular weight excluding hydrogens is 394 g/mol. The predicted molar refractivity (Wildman–Crippen MR) is 93.1 cm³/mol. The van der Waals surface area contributed by atoms with Crippen molar-refractivity contribution in [3.63, 3.8) is 0 Å². The molecule has 1 atom stereocenters. The molecule has 9 nitrogen and oxygen atoms in total. The van der Waals surface area contributed by atoms with Crippen LogP contribution in [0.4, 0.5) is 0 Å². The van der Waals surface area contributed by atoms with Crippen molar-refractivity contribution in [3.05, 3.63) is 40.0 Å². The van der Waals surface area contributed by atoms with Crippen molar-refractivity contribution in [2.24, 2.45) is 0 Å². The van der Waals surface area contributed by atoms with E-state index in [4.69, 9.17) is 4.42 Å². The number of nitrogens with one attached hydrogen (secondary N) is 2. The topological polar surface area (TPSA) is 126 Å². The number of sulfonamides is 1. The number of fused-ring (bicyclic) bond motifs is 1. The third-order valence-electron chi connectivity index (χ3n) is 4.61. The molecule has 3 amide bonds. The summed E-state index contributed by atoms with van der Waals surface area (Å²) in [7, 11) is -3.71. The van der Waals surface area contributed by atoms with Gasteiger partial charge in [-0.05, 0) is 18.1 Å². The van der Waals surface area contributed by atoms with Crippen molar-refractivity contribution in [1.29, 1.82) is 0 Å². The molecule has 27 heavy (non-hydrogen) atoms. The Morgan fingerprint density at radius 1 is 1.33 bits per heavy atom. The van der Waals surface area contributed by atoms with Gasteiger partial charge in [0.2, 0.25) is 21.8 Å². The third-order valence-corrected chi connectivity index (χ3v) is 7.02. The second kappa shape index (κ2) is 6.59. The second-order valence-corrected chi connectivity index (χ2v) is 8.97. The Kier molecular flexibility index (Phi) is 4.36. The molecule has 4 rings (SSSR count). The summed E-state index contributed by atoms with van der Waals surface area (Å²) < 4.78 is 31.7. The van der Waals surface area contributed by atoms with E-state index < -0.39 is 22.0 Å². The van der Waals surface area contributed by atoms with Crippen LogP contribution in [0.15, 0.2) is 33.3 Å². The lowest BCUT2D eigenvalue weighted by Crippen LogP contribution is -2.52. The number of thiophene rings is 1. The molecule has 0 bridgehead atoms. The molecule has 0 aromatic carbocycles. The largest absolute Gasteiger partial charge is 0.471 e. The monoisotopic (exact) mass is 409 g/mol. The maximum Gasteiger partial charge on any atom is 0.256 e. The molecule has 11 heteroatoms. The standard InChI is InChI=1S/C16H15N3O6S2/c20-14-2-1-12(15(21)18-14)19-6-10-11(16(19)22)8-26-13(10)5-17-27(23,24)9-3-4-25-7-9/h3-4,7-8,12,17H,1-2,5-6H2,(H,18,20,21). The minimum atomic E-state index is -3.71. The van der Waals surface area contributed by atoms with Crippen molar-refractivity contribution >= 4 is 39.1 Å². The van der Waals surface area contributed by atoms with Gasteiger partial charge in [0, 0.05) is 29.8 Å². The van der Waals surface area contributed by atoms with Crippen LogP contribution in [-0.2, 0) is 32.7 Å². The summed E-state index contributed by atoms with van der Waals surface area (Å²) in [5, 5.41) is 3.92. The van der Waals surface area contributed by atoms with Gasteiger partial charge in [-0.15, -0.1) is 11.3 Å². The Balaban J connectivity index is 1.50. The predicted octanol–water partition coefficient (Wildman–Crippen LogP) is 0.581. The molecule has 0 radical (unpaired) electrons. The SMILES string of the molecule is O=C1CCC(N2Cc3c(csc3CNS(=O)(=O)c3ccoc3)C2=O)C(=O)N1. The number of furan rings is 1. The van der Waals surface area contributed by atoms with Crippen LogP contribution in [0.5, 0.6) is 0 Å². The van der Waals surface area contributed by atoms with Crippen molar-refractivity contribution in [1.82, 2.24) is 14.9 Å². The van der Waals surface area contributed by atoms with Gasteiger partial charge in [0.25, 0.3) is 5.91 Å². The first-order chi connectivity index (χ1) is 12.9. The van der Waals surface area contributed by atoms with Crippen molar-refractivity contribution < 1.29 is 27.2 Å². The molecule has 4 heterocycles. The van der Waals surface area contributed by atoms with Crippen molar-refractivity contribution in [2.45, 2.75) is 36.9 Å². The van der Waals surface area contributed by atoms with Crippen molar-refractivity contribution in [2.75, 3.05) is 0 Å². The summed E-state index contributed by atoms with van der Waals surface area (Å²) in [4.78, 5) is 38.2. The highest BCUT2D eigenvalue weighted by Crippen LogP contribution is 2.33. The van der Waals surface area contributed by atoms with Gasteiger partial charge in [0.15, 0.2) is 0 Å². The first kappa shape index (κ1) is 17.9. The summed E-state index contributed by atoms with van der Waals surface area (Å²) in [6, 6.07) is 0.651. The Hall–Kier alpha value is -2.50. The third kappa shape index (κ3) is 3.17. The fraction of sp³-hybridized carbons (Fsp3) is 0.312. The molecule has 1 unspecified atom stereocenters. The lowest BCUT2D eigenvalue weighted by Gasteiger charge is -2.29. The maximum absolute atomic E-state index is 12.6. The van der Waals surface area contributed by atoms with Crippen LogP contribution in [0.1, 0.15) is 33.6 Å². The van der Waals surface area contributed by atoms with Gasteiger partial charge in [0.05, 0.1) is 11.8 Å². The molecule has 1 fully saturated rings. The number of amides is 3. The Morgan fingerprint density at radius 2 is 2.15 bits per heavy atom. The lowest BCUT2D eigenvalue weighted by atomic mass is 10.0. The van der Waals surface area contributed by atoms with Gasteiger partial charge in [0.1, 0.15) is 17.2 Å². The number of carbonyl (C=O) groups is 3. The van der Waals surface area contributed by atoms with Crippen LogP contribution in [0, 0.1) is 0 Å². The van der Waals surface area contributed by atoms with E-state index in [0.29, 0.717) is 16.0 Å². The van der Waals surface area contributed by atoms with E-state index in [0.717, 1.165) is 6.26 Å². The fourth-order valence-corrected chi connectivity index (χ4v) is 5.19. The van der Waals surface area contributed by atoms with E-state index in [1.165, 1.54) is 28.6 Å². The molecule has 1 saturated heterocycles. The summed E-state index contributed by atoms with van der Waals surface area (Å²) in [6.07, 6.45) is 2.88. The highest BCUT2D eigenvalue weighted by Gasteiger charge is 2.40. The van der Waals surface area contributed by atoms with Crippen LogP contribution in [0.2, 0.25) is 0 Å². The average molecular weight is 409 g/mol. The quantitative estimate of drug-likeness (QED) is 0.696. The van der Waals surface area contributed by atoms with Crippen molar-refractivity contribution in [3.8, 4) is 0 Å². The number of piperidine rings is 1.